The molecular formula is C29H20ClFN6O3S. The van der Waals surface area contributed by atoms with Crippen molar-refractivity contribution in [3.8, 4) is 23.3 Å². The van der Waals surface area contributed by atoms with E-state index in [0.717, 1.165) is 16.7 Å². The van der Waals surface area contributed by atoms with Gasteiger partial charge in [0.25, 0.3) is 5.91 Å². The molecule has 1 unspecified atom stereocenters. The Morgan fingerprint density at radius 1 is 1.17 bits per heavy atom. The zero-order valence-electron chi connectivity index (χ0n) is 21.4. The predicted molar refractivity (Wildman–Crippen MR) is 150 cm³/mol. The lowest BCUT2D eigenvalue weighted by Crippen LogP contribution is -2.41. The van der Waals surface area contributed by atoms with Crippen molar-refractivity contribution >= 4 is 41.1 Å². The van der Waals surface area contributed by atoms with Gasteiger partial charge in [0.2, 0.25) is 0 Å². The molecule has 0 fully saturated rings. The highest BCUT2D eigenvalue weighted by molar-refractivity contribution is 7.99. The SMILES string of the molecule is CCOC(=O)C1=C2CSc3nc(N)c(C#N)c(-c4ccc(F)cc4)c3C(=O)N2C(N)=C(C#N)C1c1ccccc1Cl. The molecule has 2 aliphatic heterocycles. The summed E-state index contributed by atoms with van der Waals surface area (Å²) in [5.41, 5.74) is 13.6. The van der Waals surface area contributed by atoms with Crippen LogP contribution in [-0.4, -0.2) is 34.1 Å². The first kappa shape index (κ1) is 27.7. The molecule has 2 aliphatic rings. The molecule has 0 saturated heterocycles. The number of carbonyl (C=O) groups is 2. The molecule has 3 aromatic rings. The number of nitriles is 2. The van der Waals surface area contributed by atoms with E-state index >= 15 is 0 Å². The summed E-state index contributed by atoms with van der Waals surface area (Å²) in [6.45, 7) is 1.67. The molecule has 204 valence electrons. The lowest BCUT2D eigenvalue weighted by atomic mass is 9.81. The van der Waals surface area contributed by atoms with Crippen molar-refractivity contribution < 1.29 is 18.7 Å². The van der Waals surface area contributed by atoms with Gasteiger partial charge in [0, 0.05) is 22.0 Å². The van der Waals surface area contributed by atoms with Crippen molar-refractivity contribution in [3.63, 3.8) is 0 Å². The third-order valence-electron chi connectivity index (χ3n) is 6.71. The van der Waals surface area contributed by atoms with Crippen LogP contribution in [0.5, 0.6) is 0 Å². The van der Waals surface area contributed by atoms with E-state index in [0.29, 0.717) is 11.1 Å². The van der Waals surface area contributed by atoms with Gasteiger partial charge < -0.3 is 16.2 Å². The van der Waals surface area contributed by atoms with E-state index < -0.39 is 23.6 Å². The highest BCUT2D eigenvalue weighted by Gasteiger charge is 2.45. The van der Waals surface area contributed by atoms with Gasteiger partial charge in [-0.1, -0.05) is 53.7 Å². The Kier molecular flexibility index (Phi) is 7.41. The summed E-state index contributed by atoms with van der Waals surface area (Å²) in [7, 11) is 0. The molecule has 1 aromatic heterocycles. The van der Waals surface area contributed by atoms with E-state index in [1.165, 1.54) is 24.3 Å². The Hall–Kier alpha value is -4.84. The number of ether oxygens (including phenoxy) is 1. The normalized spacial score (nSPS) is 16.4. The summed E-state index contributed by atoms with van der Waals surface area (Å²) in [6, 6.07) is 16.0. The Bertz CT molecular complexity index is 1770. The van der Waals surface area contributed by atoms with Crippen LogP contribution in [0, 0.1) is 28.5 Å². The number of pyridine rings is 1. The third kappa shape index (κ3) is 4.55. The number of thioether (sulfide) groups is 1. The molecule has 0 aliphatic carbocycles. The van der Waals surface area contributed by atoms with Gasteiger partial charge in [-0.15, -0.1) is 0 Å². The van der Waals surface area contributed by atoms with Crippen molar-refractivity contribution in [1.29, 1.82) is 10.5 Å². The molecule has 2 aromatic carbocycles. The van der Waals surface area contributed by atoms with Gasteiger partial charge in [-0.3, -0.25) is 9.69 Å². The number of halogens is 2. The minimum atomic E-state index is -1.02. The summed E-state index contributed by atoms with van der Waals surface area (Å²) < 4.78 is 19.2. The Labute approximate surface area is 243 Å². The van der Waals surface area contributed by atoms with Gasteiger partial charge >= 0.3 is 5.97 Å². The number of benzene rings is 2. The number of nitrogens with two attached hydrogens (primary N) is 2. The van der Waals surface area contributed by atoms with E-state index in [1.807, 2.05) is 6.07 Å². The Morgan fingerprint density at radius 2 is 1.88 bits per heavy atom. The standard InChI is InChI=1S/C29H20ClFN6O3S/c1-2-40-29(39)23-20-13-41-27-24(21(17(11-32)25(34)36-27)14-7-9-15(31)10-8-14)28(38)37(20)26(35)18(12-33)22(23)16-5-3-4-6-19(16)30/h3-10,22H,2,13,35H2,1H3,(H2,34,36). The molecule has 0 saturated carbocycles. The van der Waals surface area contributed by atoms with Gasteiger partial charge in [0.15, 0.2) is 0 Å². The number of aromatic nitrogens is 1. The molecule has 0 radical (unpaired) electrons. The highest BCUT2D eigenvalue weighted by Crippen LogP contribution is 2.48. The Morgan fingerprint density at radius 3 is 2.51 bits per heavy atom. The maximum atomic E-state index is 14.4. The maximum absolute atomic E-state index is 14.4. The van der Waals surface area contributed by atoms with E-state index in [2.05, 4.69) is 11.1 Å². The summed E-state index contributed by atoms with van der Waals surface area (Å²) in [5, 5.41) is 20.7. The van der Waals surface area contributed by atoms with Crippen LogP contribution in [0.15, 0.2) is 76.2 Å². The van der Waals surface area contributed by atoms with Crippen LogP contribution in [0.25, 0.3) is 11.1 Å². The van der Waals surface area contributed by atoms with Gasteiger partial charge in [-0.05, 0) is 36.2 Å². The molecule has 4 N–H and O–H groups in total. The molecule has 3 heterocycles. The van der Waals surface area contributed by atoms with Crippen LogP contribution >= 0.6 is 23.4 Å². The molecule has 0 bridgehead atoms. The minimum absolute atomic E-state index is 0.00838. The van der Waals surface area contributed by atoms with Crippen molar-refractivity contribution in [2.24, 2.45) is 5.73 Å². The number of carbonyl (C=O) groups excluding carboxylic acids is 2. The zero-order valence-corrected chi connectivity index (χ0v) is 23.0. The van der Waals surface area contributed by atoms with Gasteiger partial charge in [0.05, 0.1) is 35.3 Å². The largest absolute Gasteiger partial charge is 0.463 e. The van der Waals surface area contributed by atoms with E-state index in [1.54, 1.807) is 31.2 Å². The smallest absolute Gasteiger partial charge is 0.336 e. The first-order chi connectivity index (χ1) is 19.7. The van der Waals surface area contributed by atoms with E-state index in [4.69, 9.17) is 27.8 Å². The number of nitrogen functional groups attached to an aromatic ring is 1. The average molecular weight is 587 g/mol. The fraction of sp³-hybridized carbons (Fsp3) is 0.138. The summed E-state index contributed by atoms with van der Waals surface area (Å²) >= 11 is 7.62. The van der Waals surface area contributed by atoms with Crippen LogP contribution in [0.2, 0.25) is 5.02 Å². The quantitative estimate of drug-likeness (QED) is 0.407. The van der Waals surface area contributed by atoms with Gasteiger partial charge in [0.1, 0.15) is 34.1 Å². The third-order valence-corrected chi connectivity index (χ3v) is 8.04. The van der Waals surface area contributed by atoms with Crippen molar-refractivity contribution in [2.75, 3.05) is 18.1 Å². The number of hydrogen-bond acceptors (Lipinski definition) is 9. The molecule has 1 amide bonds. The average Bonchev–Trinajstić information content (AvgIpc) is 3.09. The van der Waals surface area contributed by atoms with Crippen molar-refractivity contribution in [3.05, 3.63) is 98.7 Å². The fourth-order valence-electron chi connectivity index (χ4n) is 4.96. The van der Waals surface area contributed by atoms with E-state index in [-0.39, 0.29) is 67.6 Å². The van der Waals surface area contributed by atoms with Crippen LogP contribution in [0.4, 0.5) is 10.2 Å². The molecule has 12 heteroatoms. The van der Waals surface area contributed by atoms with Gasteiger partial charge in [-0.25, -0.2) is 14.2 Å². The van der Waals surface area contributed by atoms with Crippen LogP contribution in [-0.2, 0) is 9.53 Å². The number of rotatable bonds is 4. The van der Waals surface area contributed by atoms with Crippen LogP contribution in [0.1, 0.15) is 34.3 Å². The molecule has 1 atom stereocenters. The fourth-order valence-corrected chi connectivity index (χ4v) is 6.26. The minimum Gasteiger partial charge on any atom is -0.463 e. The molecule has 5 rings (SSSR count). The van der Waals surface area contributed by atoms with Crippen LogP contribution in [0.3, 0.4) is 0 Å². The van der Waals surface area contributed by atoms with Crippen LogP contribution < -0.4 is 11.5 Å². The van der Waals surface area contributed by atoms with Crippen molar-refractivity contribution in [1.82, 2.24) is 9.88 Å². The highest BCUT2D eigenvalue weighted by atomic mass is 35.5. The summed E-state index contributed by atoms with van der Waals surface area (Å²) in [5.74, 6) is -3.35. The maximum Gasteiger partial charge on any atom is 0.336 e. The Balaban J connectivity index is 1.83. The monoisotopic (exact) mass is 586 g/mol. The molecular weight excluding hydrogens is 567 g/mol. The number of allylic oxidation sites excluding steroid dienone is 1. The lowest BCUT2D eigenvalue weighted by Gasteiger charge is -2.35. The first-order valence-corrected chi connectivity index (χ1v) is 13.6. The second kappa shape index (κ2) is 11.0. The second-order valence-corrected chi connectivity index (χ2v) is 10.3. The molecule has 0 spiro atoms. The second-order valence-electron chi connectivity index (χ2n) is 8.92. The number of anilines is 1. The van der Waals surface area contributed by atoms with E-state index in [9.17, 15) is 24.5 Å². The zero-order chi connectivity index (χ0) is 29.4. The molecule has 41 heavy (non-hydrogen) atoms. The number of fused-ring (bicyclic) bond motifs is 2. The molecule has 9 nitrogen and oxygen atoms in total. The first-order valence-electron chi connectivity index (χ1n) is 12.2. The number of nitrogens with zero attached hydrogens (tertiary/aromatic N) is 4. The number of amides is 1. The van der Waals surface area contributed by atoms with Gasteiger partial charge in [-0.2, -0.15) is 10.5 Å². The summed E-state index contributed by atoms with van der Waals surface area (Å²) in [4.78, 5) is 33.4. The lowest BCUT2D eigenvalue weighted by molar-refractivity contribution is -0.138. The number of hydrogen-bond donors (Lipinski definition) is 2. The van der Waals surface area contributed by atoms with Crippen molar-refractivity contribution in [2.45, 2.75) is 17.9 Å². The summed E-state index contributed by atoms with van der Waals surface area (Å²) in [6.07, 6.45) is 0. The number of esters is 1. The predicted octanol–water partition coefficient (Wildman–Crippen LogP) is 4.85. The topological polar surface area (TPSA) is 159 Å².